The smallest absolute Gasteiger partial charge is 0.239 e. The van der Waals surface area contributed by atoms with Crippen molar-refractivity contribution in [3.63, 3.8) is 0 Å². The van der Waals surface area contributed by atoms with Crippen LogP contribution in [0.25, 0.3) is 0 Å². The first-order chi connectivity index (χ1) is 9.85. The van der Waals surface area contributed by atoms with Gasteiger partial charge >= 0.3 is 0 Å². The monoisotopic (exact) mass is 331 g/mol. The SMILES string of the molecule is CCC(NC(=O)CNC(=O)[C@@H](N)C(C)C)c1ccc(Cl)s1. The van der Waals surface area contributed by atoms with Crippen molar-refractivity contribution in [2.24, 2.45) is 11.7 Å². The van der Waals surface area contributed by atoms with E-state index in [1.165, 1.54) is 11.3 Å². The number of nitrogens with two attached hydrogens (primary N) is 1. The Morgan fingerprint density at radius 2 is 2.05 bits per heavy atom. The molecule has 2 atom stereocenters. The summed E-state index contributed by atoms with van der Waals surface area (Å²) in [5.41, 5.74) is 5.71. The van der Waals surface area contributed by atoms with E-state index < -0.39 is 6.04 Å². The molecule has 1 rings (SSSR count). The zero-order valence-electron chi connectivity index (χ0n) is 12.5. The van der Waals surface area contributed by atoms with Crippen LogP contribution in [0, 0.1) is 5.92 Å². The Labute approximate surface area is 134 Å². The Morgan fingerprint density at radius 3 is 2.52 bits per heavy atom. The number of thiophene rings is 1. The van der Waals surface area contributed by atoms with E-state index in [1.807, 2.05) is 26.8 Å². The fraction of sp³-hybridized carbons (Fsp3) is 0.571. The van der Waals surface area contributed by atoms with Crippen molar-refractivity contribution in [1.82, 2.24) is 10.6 Å². The minimum atomic E-state index is -0.601. The van der Waals surface area contributed by atoms with E-state index in [4.69, 9.17) is 17.3 Å². The van der Waals surface area contributed by atoms with Crippen LogP contribution < -0.4 is 16.4 Å². The first kappa shape index (κ1) is 17.9. The molecule has 0 saturated carbocycles. The molecule has 21 heavy (non-hydrogen) atoms. The molecule has 0 aromatic carbocycles. The molecule has 4 N–H and O–H groups in total. The minimum absolute atomic E-state index is 0.0321. The van der Waals surface area contributed by atoms with Gasteiger partial charge in [-0.1, -0.05) is 32.4 Å². The summed E-state index contributed by atoms with van der Waals surface area (Å²) in [6.45, 7) is 5.62. The molecule has 0 fully saturated rings. The summed E-state index contributed by atoms with van der Waals surface area (Å²) >= 11 is 7.34. The molecule has 1 heterocycles. The second-order valence-corrected chi connectivity index (χ2v) is 6.90. The Kier molecular flexibility index (Phi) is 7.14. The topological polar surface area (TPSA) is 84.2 Å². The van der Waals surface area contributed by atoms with Crippen LogP contribution in [0.15, 0.2) is 12.1 Å². The Balaban J connectivity index is 2.47. The molecule has 0 bridgehead atoms. The Hall–Kier alpha value is -1.11. The average Bonchev–Trinajstić information content (AvgIpc) is 2.87. The van der Waals surface area contributed by atoms with Gasteiger partial charge in [-0.15, -0.1) is 11.3 Å². The molecule has 1 unspecified atom stereocenters. The van der Waals surface area contributed by atoms with Gasteiger partial charge in [-0.2, -0.15) is 0 Å². The molecule has 0 aliphatic rings. The number of carbonyl (C=O) groups is 2. The van der Waals surface area contributed by atoms with Crippen LogP contribution in [0.5, 0.6) is 0 Å². The van der Waals surface area contributed by atoms with Crippen molar-refractivity contribution in [3.8, 4) is 0 Å². The summed E-state index contributed by atoms with van der Waals surface area (Å²) in [7, 11) is 0. The number of hydrogen-bond acceptors (Lipinski definition) is 4. The lowest BCUT2D eigenvalue weighted by atomic mass is 10.1. The lowest BCUT2D eigenvalue weighted by molar-refractivity contribution is -0.127. The zero-order chi connectivity index (χ0) is 16.0. The first-order valence-electron chi connectivity index (χ1n) is 6.93. The van der Waals surface area contributed by atoms with E-state index in [2.05, 4.69) is 10.6 Å². The van der Waals surface area contributed by atoms with Gasteiger partial charge in [0.1, 0.15) is 0 Å². The molecule has 0 saturated heterocycles. The fourth-order valence-electron chi connectivity index (χ4n) is 1.72. The average molecular weight is 332 g/mol. The molecule has 1 aromatic heterocycles. The maximum atomic E-state index is 11.9. The van der Waals surface area contributed by atoms with Crippen molar-refractivity contribution >= 4 is 34.8 Å². The summed E-state index contributed by atoms with van der Waals surface area (Å²) in [6, 6.07) is 3.01. The van der Waals surface area contributed by atoms with Crippen LogP contribution in [0.3, 0.4) is 0 Å². The van der Waals surface area contributed by atoms with E-state index in [-0.39, 0.29) is 30.3 Å². The van der Waals surface area contributed by atoms with E-state index >= 15 is 0 Å². The molecule has 0 spiro atoms. The lowest BCUT2D eigenvalue weighted by Crippen LogP contribution is -2.47. The molecular weight excluding hydrogens is 310 g/mol. The molecule has 118 valence electrons. The van der Waals surface area contributed by atoms with Gasteiger partial charge in [0.2, 0.25) is 11.8 Å². The molecule has 0 radical (unpaired) electrons. The third-order valence-electron chi connectivity index (χ3n) is 3.13. The van der Waals surface area contributed by atoms with Gasteiger partial charge in [-0.05, 0) is 24.5 Å². The van der Waals surface area contributed by atoms with Crippen molar-refractivity contribution in [1.29, 1.82) is 0 Å². The molecular formula is C14H22ClN3O2S. The lowest BCUT2D eigenvalue weighted by Gasteiger charge is -2.18. The van der Waals surface area contributed by atoms with Crippen molar-refractivity contribution in [2.45, 2.75) is 39.3 Å². The summed E-state index contributed by atoms with van der Waals surface area (Å²) in [5, 5.41) is 5.43. The number of carbonyl (C=O) groups excluding carboxylic acids is 2. The highest BCUT2D eigenvalue weighted by molar-refractivity contribution is 7.16. The molecule has 7 heteroatoms. The number of amides is 2. The van der Waals surface area contributed by atoms with Gasteiger partial charge in [-0.3, -0.25) is 9.59 Å². The Bertz CT molecular complexity index is 490. The number of halogens is 1. The highest BCUT2D eigenvalue weighted by Gasteiger charge is 2.19. The second kappa shape index (κ2) is 8.36. The quantitative estimate of drug-likeness (QED) is 0.715. The highest BCUT2D eigenvalue weighted by atomic mass is 35.5. The zero-order valence-corrected chi connectivity index (χ0v) is 14.1. The van der Waals surface area contributed by atoms with Crippen LogP contribution in [0.4, 0.5) is 0 Å². The predicted molar refractivity (Wildman–Crippen MR) is 86.3 cm³/mol. The molecule has 5 nitrogen and oxygen atoms in total. The standard InChI is InChI=1S/C14H22ClN3O2S/c1-4-9(10-5-6-11(15)21-10)18-12(19)7-17-14(20)13(16)8(2)3/h5-6,8-9,13H,4,7,16H2,1-3H3,(H,17,20)(H,18,19)/t9?,13-/m0/s1. The largest absolute Gasteiger partial charge is 0.347 e. The van der Waals surface area contributed by atoms with Crippen LogP contribution >= 0.6 is 22.9 Å². The summed E-state index contributed by atoms with van der Waals surface area (Å²) in [6.07, 6.45) is 0.752. The molecule has 2 amide bonds. The molecule has 1 aromatic rings. The van der Waals surface area contributed by atoms with E-state index in [1.54, 1.807) is 6.07 Å². The van der Waals surface area contributed by atoms with E-state index in [9.17, 15) is 9.59 Å². The maximum absolute atomic E-state index is 11.9. The van der Waals surface area contributed by atoms with Gasteiger partial charge in [0.15, 0.2) is 0 Å². The van der Waals surface area contributed by atoms with Crippen LogP contribution in [0.1, 0.15) is 38.1 Å². The van der Waals surface area contributed by atoms with Gasteiger partial charge in [0.25, 0.3) is 0 Å². The Morgan fingerprint density at radius 1 is 1.38 bits per heavy atom. The minimum Gasteiger partial charge on any atom is -0.347 e. The predicted octanol–water partition coefficient (Wildman–Crippen LogP) is 2.07. The summed E-state index contributed by atoms with van der Waals surface area (Å²) < 4.78 is 0.689. The maximum Gasteiger partial charge on any atom is 0.239 e. The molecule has 0 aliphatic heterocycles. The number of hydrogen-bond donors (Lipinski definition) is 3. The van der Waals surface area contributed by atoms with Crippen molar-refractivity contribution in [2.75, 3.05) is 6.54 Å². The van der Waals surface area contributed by atoms with Crippen LogP contribution in [0.2, 0.25) is 4.34 Å². The van der Waals surface area contributed by atoms with Gasteiger partial charge in [0, 0.05) is 4.88 Å². The van der Waals surface area contributed by atoms with Crippen LogP contribution in [-0.4, -0.2) is 24.4 Å². The van der Waals surface area contributed by atoms with Crippen molar-refractivity contribution < 1.29 is 9.59 Å². The molecule has 0 aliphatic carbocycles. The second-order valence-electron chi connectivity index (χ2n) is 5.16. The van der Waals surface area contributed by atoms with Gasteiger partial charge in [0.05, 0.1) is 23.0 Å². The summed E-state index contributed by atoms with van der Waals surface area (Å²) in [5.74, 6) is -0.521. The van der Waals surface area contributed by atoms with Crippen molar-refractivity contribution in [3.05, 3.63) is 21.3 Å². The van der Waals surface area contributed by atoms with E-state index in [0.717, 1.165) is 11.3 Å². The first-order valence-corrected chi connectivity index (χ1v) is 8.12. The van der Waals surface area contributed by atoms with Gasteiger partial charge < -0.3 is 16.4 Å². The summed E-state index contributed by atoms with van der Waals surface area (Å²) in [4.78, 5) is 24.6. The van der Waals surface area contributed by atoms with Crippen LogP contribution in [-0.2, 0) is 9.59 Å². The number of rotatable bonds is 7. The normalized spacial score (nSPS) is 13.8. The number of nitrogens with one attached hydrogen (secondary N) is 2. The third-order valence-corrected chi connectivity index (χ3v) is 4.47. The third kappa shape index (κ3) is 5.65. The fourth-order valence-corrected chi connectivity index (χ4v) is 2.92. The highest BCUT2D eigenvalue weighted by Crippen LogP contribution is 2.28. The van der Waals surface area contributed by atoms with Gasteiger partial charge in [-0.25, -0.2) is 0 Å². The van der Waals surface area contributed by atoms with E-state index in [0.29, 0.717) is 4.34 Å².